The second kappa shape index (κ2) is 15.1. The number of hydrogen-bond acceptors (Lipinski definition) is 1. The quantitative estimate of drug-likeness (QED) is 0.485. The fourth-order valence-corrected chi connectivity index (χ4v) is 1.43. The van der Waals surface area contributed by atoms with Gasteiger partial charge >= 0.3 is 0 Å². The number of rotatable bonds is 0. The summed E-state index contributed by atoms with van der Waals surface area (Å²) in [6.07, 6.45) is 24.8. The molecular formula is C17H22NbO. The van der Waals surface area contributed by atoms with Gasteiger partial charge in [-0.15, -0.1) is 0 Å². The van der Waals surface area contributed by atoms with Gasteiger partial charge in [-0.2, -0.15) is 0 Å². The van der Waals surface area contributed by atoms with E-state index in [9.17, 15) is 0 Å². The first-order valence-corrected chi connectivity index (χ1v) is 6.49. The summed E-state index contributed by atoms with van der Waals surface area (Å²) in [7, 11) is 0. The summed E-state index contributed by atoms with van der Waals surface area (Å²) in [5, 5.41) is 0. The molecule has 0 spiro atoms. The molecule has 101 valence electrons. The van der Waals surface area contributed by atoms with E-state index in [0.29, 0.717) is 0 Å². The SMILES string of the molecule is C1CCOC1.C[C]1[CH][CH][CH][CH]1.[CH]1[CH][CH][CH][CH][CH][CH]1.[Nb]. The molecule has 3 aliphatic rings. The van der Waals surface area contributed by atoms with Crippen molar-refractivity contribution in [1.82, 2.24) is 0 Å². The molecule has 1 aliphatic heterocycles. The average Bonchev–Trinajstić information content (AvgIpc) is 3.03. The zero-order valence-electron chi connectivity index (χ0n) is 11.5. The van der Waals surface area contributed by atoms with Crippen LogP contribution in [0.4, 0.5) is 0 Å². The van der Waals surface area contributed by atoms with Crippen LogP contribution in [0.25, 0.3) is 0 Å². The fraction of sp³-hybridized carbons (Fsp3) is 0.294. The maximum atomic E-state index is 4.94. The Balaban J connectivity index is 0.000000252. The molecule has 19 heavy (non-hydrogen) atoms. The molecule has 1 nitrogen and oxygen atoms in total. The predicted molar refractivity (Wildman–Crippen MR) is 76.3 cm³/mol. The topological polar surface area (TPSA) is 9.23 Å². The largest absolute Gasteiger partial charge is 0.381 e. The van der Waals surface area contributed by atoms with Gasteiger partial charge in [-0.25, -0.2) is 0 Å². The molecule has 0 aromatic carbocycles. The van der Waals surface area contributed by atoms with E-state index in [2.05, 4.69) is 19.8 Å². The van der Waals surface area contributed by atoms with Crippen LogP contribution in [0.5, 0.6) is 0 Å². The van der Waals surface area contributed by atoms with Gasteiger partial charge in [0.05, 0.1) is 0 Å². The Kier molecular flexibility index (Phi) is 15.7. The fourth-order valence-electron chi connectivity index (χ4n) is 1.43. The van der Waals surface area contributed by atoms with Crippen LogP contribution in [0, 0.1) is 76.5 Å². The minimum absolute atomic E-state index is 0. The minimum atomic E-state index is 0. The smallest absolute Gasteiger partial charge is 0.0466 e. The molecule has 2 heteroatoms. The van der Waals surface area contributed by atoms with Crippen LogP contribution in [0.1, 0.15) is 19.8 Å². The Morgan fingerprint density at radius 2 is 1.05 bits per heavy atom. The molecule has 0 unspecified atom stereocenters. The minimum Gasteiger partial charge on any atom is -0.381 e. The van der Waals surface area contributed by atoms with E-state index in [0.717, 1.165) is 13.2 Å². The van der Waals surface area contributed by atoms with E-state index >= 15 is 0 Å². The molecule has 2 saturated carbocycles. The average molecular weight is 335 g/mol. The van der Waals surface area contributed by atoms with Crippen molar-refractivity contribution in [2.24, 2.45) is 0 Å². The van der Waals surface area contributed by atoms with Gasteiger partial charge in [0.15, 0.2) is 0 Å². The standard InChI is InChI=1S/C7H7.C6H7.C4H8O.Nb/c1-2-4-6-7-5-3-1;1-6-4-2-3-5-6;1-2-4-5-3-1;/h1-7H;2-5H,1H3;1-4H2;. The van der Waals surface area contributed by atoms with Crippen LogP contribution in [-0.4, -0.2) is 13.2 Å². The van der Waals surface area contributed by atoms with Crippen LogP contribution in [0.2, 0.25) is 0 Å². The Morgan fingerprint density at radius 3 is 1.21 bits per heavy atom. The van der Waals surface area contributed by atoms with Crippen molar-refractivity contribution >= 4 is 0 Å². The first-order chi connectivity index (χ1) is 8.89. The van der Waals surface area contributed by atoms with E-state index in [1.54, 1.807) is 0 Å². The van der Waals surface area contributed by atoms with E-state index in [1.807, 2.05) is 57.8 Å². The van der Waals surface area contributed by atoms with E-state index in [4.69, 9.17) is 4.74 Å². The molecule has 13 radical (unpaired) electrons. The molecule has 0 aromatic heterocycles. The van der Waals surface area contributed by atoms with Gasteiger partial charge in [0.2, 0.25) is 0 Å². The third-order valence-corrected chi connectivity index (χ3v) is 2.43. The summed E-state index contributed by atoms with van der Waals surface area (Å²) >= 11 is 0. The van der Waals surface area contributed by atoms with E-state index < -0.39 is 0 Å². The molecule has 1 saturated heterocycles. The first kappa shape index (κ1) is 19.7. The van der Waals surface area contributed by atoms with Crippen molar-refractivity contribution in [2.45, 2.75) is 19.8 Å². The molecule has 0 amide bonds. The van der Waals surface area contributed by atoms with Crippen molar-refractivity contribution in [3.63, 3.8) is 0 Å². The molecular weight excluding hydrogens is 313 g/mol. The van der Waals surface area contributed by atoms with E-state index in [-0.39, 0.29) is 22.4 Å². The molecule has 3 fully saturated rings. The van der Waals surface area contributed by atoms with Crippen molar-refractivity contribution in [3.05, 3.63) is 76.5 Å². The summed E-state index contributed by atoms with van der Waals surface area (Å²) in [6, 6.07) is 0. The zero-order chi connectivity index (χ0) is 12.9. The van der Waals surface area contributed by atoms with Gasteiger partial charge in [0.1, 0.15) is 0 Å². The van der Waals surface area contributed by atoms with Crippen LogP contribution >= 0.6 is 0 Å². The molecule has 2 aliphatic carbocycles. The Labute approximate surface area is 136 Å². The molecule has 1 heterocycles. The molecule has 3 rings (SSSR count). The molecule has 0 bridgehead atoms. The third-order valence-electron chi connectivity index (χ3n) is 2.43. The van der Waals surface area contributed by atoms with Crippen molar-refractivity contribution in [3.8, 4) is 0 Å². The van der Waals surface area contributed by atoms with Gasteiger partial charge in [-0.05, 0) is 89.4 Å². The normalized spacial score (nSPS) is 23.2. The second-order valence-electron chi connectivity index (χ2n) is 4.13. The van der Waals surface area contributed by atoms with Gasteiger partial charge in [-0.1, -0.05) is 6.92 Å². The summed E-state index contributed by atoms with van der Waals surface area (Å²) in [4.78, 5) is 0. The van der Waals surface area contributed by atoms with E-state index in [1.165, 1.54) is 18.8 Å². The van der Waals surface area contributed by atoms with Crippen LogP contribution in [0.15, 0.2) is 0 Å². The van der Waals surface area contributed by atoms with Crippen LogP contribution in [-0.2, 0) is 27.1 Å². The first-order valence-electron chi connectivity index (χ1n) is 6.49. The van der Waals surface area contributed by atoms with Gasteiger partial charge in [0, 0.05) is 35.6 Å². The van der Waals surface area contributed by atoms with Crippen LogP contribution in [0.3, 0.4) is 0 Å². The molecule has 0 aromatic rings. The second-order valence-corrected chi connectivity index (χ2v) is 4.13. The summed E-state index contributed by atoms with van der Waals surface area (Å²) < 4.78 is 4.94. The molecule has 0 N–H and O–H groups in total. The summed E-state index contributed by atoms with van der Waals surface area (Å²) in [5.74, 6) is 1.34. The maximum absolute atomic E-state index is 4.94. The van der Waals surface area contributed by atoms with Gasteiger partial charge in [-0.3, -0.25) is 0 Å². The Morgan fingerprint density at radius 1 is 0.684 bits per heavy atom. The van der Waals surface area contributed by atoms with Crippen molar-refractivity contribution < 1.29 is 27.1 Å². The number of hydrogen-bond donors (Lipinski definition) is 0. The molecule has 0 atom stereocenters. The predicted octanol–water partition coefficient (Wildman–Crippen LogP) is 3.64. The number of ether oxygens (including phenoxy) is 1. The maximum Gasteiger partial charge on any atom is 0.0466 e. The van der Waals surface area contributed by atoms with Crippen molar-refractivity contribution in [2.75, 3.05) is 13.2 Å². The monoisotopic (exact) mass is 335 g/mol. The Bertz CT molecular complexity index is 135. The Hall–Kier alpha value is 0.700. The zero-order valence-corrected chi connectivity index (χ0v) is 13.7. The third kappa shape index (κ3) is 13.4. The van der Waals surface area contributed by atoms with Crippen LogP contribution < -0.4 is 0 Å². The van der Waals surface area contributed by atoms with Crippen molar-refractivity contribution in [1.29, 1.82) is 0 Å². The van der Waals surface area contributed by atoms with Gasteiger partial charge in [0.25, 0.3) is 0 Å². The summed E-state index contributed by atoms with van der Waals surface area (Å²) in [5.41, 5.74) is 0. The van der Waals surface area contributed by atoms with Gasteiger partial charge < -0.3 is 4.74 Å². The summed E-state index contributed by atoms with van der Waals surface area (Å²) in [6.45, 7) is 4.08.